The van der Waals surface area contributed by atoms with Crippen LogP contribution < -0.4 is 0 Å². The van der Waals surface area contributed by atoms with Gasteiger partial charge in [0.05, 0.1) is 43.2 Å². The van der Waals surface area contributed by atoms with Gasteiger partial charge in [0.2, 0.25) is 6.29 Å². The van der Waals surface area contributed by atoms with Crippen LogP contribution in [-0.4, -0.2) is 82.2 Å². The Labute approximate surface area is 183 Å². The number of benzene rings is 1. The van der Waals surface area contributed by atoms with E-state index in [9.17, 15) is 25.2 Å². The van der Waals surface area contributed by atoms with E-state index in [4.69, 9.17) is 23.7 Å². The maximum atomic E-state index is 12.7. The fraction of sp³-hybridized carbons (Fsp3) is 0.591. The predicted molar refractivity (Wildman–Crippen MR) is 105 cm³/mol. The van der Waals surface area contributed by atoms with Crippen molar-refractivity contribution in [2.75, 3.05) is 13.2 Å². The van der Waals surface area contributed by atoms with E-state index in [0.717, 1.165) is 0 Å². The molecule has 174 valence electrons. The molecule has 1 saturated carbocycles. The summed E-state index contributed by atoms with van der Waals surface area (Å²) in [6.07, 6.45) is -0.327. The smallest absolute Gasteiger partial charge is 0.338 e. The number of aliphatic hydroxyl groups excluding tert-OH is 3. The van der Waals surface area contributed by atoms with E-state index in [2.05, 4.69) is 0 Å². The lowest BCUT2D eigenvalue weighted by Gasteiger charge is -2.39. The number of ether oxygens (including phenoxy) is 5. The molecule has 4 aliphatic rings. The van der Waals surface area contributed by atoms with E-state index in [1.165, 1.54) is 30.5 Å². The molecule has 32 heavy (non-hydrogen) atoms. The van der Waals surface area contributed by atoms with Crippen LogP contribution in [-0.2, 0) is 23.7 Å². The van der Waals surface area contributed by atoms with Gasteiger partial charge in [-0.25, -0.2) is 4.79 Å². The fourth-order valence-corrected chi connectivity index (χ4v) is 5.07. The highest BCUT2D eigenvalue weighted by molar-refractivity contribution is 5.89. The van der Waals surface area contributed by atoms with Crippen LogP contribution in [0, 0.1) is 11.8 Å². The minimum atomic E-state index is -0.982. The highest BCUT2D eigenvalue weighted by atomic mass is 16.8. The van der Waals surface area contributed by atoms with E-state index in [-0.39, 0.29) is 36.9 Å². The Hall–Kier alpha value is -2.21. The van der Waals surface area contributed by atoms with Crippen molar-refractivity contribution in [1.82, 2.24) is 0 Å². The van der Waals surface area contributed by atoms with Gasteiger partial charge in [-0.2, -0.15) is 0 Å². The van der Waals surface area contributed by atoms with E-state index in [1.54, 1.807) is 6.08 Å². The van der Waals surface area contributed by atoms with E-state index in [1.807, 2.05) is 0 Å². The number of esters is 1. The summed E-state index contributed by atoms with van der Waals surface area (Å²) in [5.74, 6) is -1.34. The van der Waals surface area contributed by atoms with Crippen LogP contribution in [0.5, 0.6) is 5.75 Å². The summed E-state index contributed by atoms with van der Waals surface area (Å²) in [5, 5.41) is 39.0. The third-order valence-corrected chi connectivity index (χ3v) is 6.66. The highest BCUT2D eigenvalue weighted by Gasteiger charge is 2.77. The van der Waals surface area contributed by atoms with E-state index < -0.39 is 54.5 Å². The van der Waals surface area contributed by atoms with E-state index in [0.29, 0.717) is 6.42 Å². The number of fused-ring (bicyclic) bond motifs is 3. The second kappa shape index (κ2) is 8.29. The van der Waals surface area contributed by atoms with Crippen molar-refractivity contribution in [3.63, 3.8) is 0 Å². The number of carbonyl (C=O) groups is 1. The first-order chi connectivity index (χ1) is 15.4. The number of hydrogen-bond acceptors (Lipinski definition) is 10. The number of aromatic hydroxyl groups is 1. The van der Waals surface area contributed by atoms with Crippen molar-refractivity contribution in [2.45, 2.75) is 55.4 Å². The molecule has 0 bridgehead atoms. The standard InChI is InChI=1S/C22H26O10/c23-9-14-7-13(26)8-16(29-14)30-21-17-15(5-6-28-21)18(19-22(17,10-24)32-19)31-20(27)11-1-3-12(25)4-2-11/h1-6,13-19,21,23-26H,7-10H2/t13-,14-,15?,16-,17?,18?,19?,21?,22?/m0/s1. The molecule has 0 amide bonds. The molecule has 6 unspecified atom stereocenters. The third kappa shape index (κ3) is 3.66. The number of rotatable bonds is 6. The average Bonchev–Trinajstić information content (AvgIpc) is 3.46. The maximum absolute atomic E-state index is 12.7. The molecule has 3 aliphatic heterocycles. The van der Waals surface area contributed by atoms with Gasteiger partial charge in [0, 0.05) is 18.8 Å². The van der Waals surface area contributed by atoms with Crippen LogP contribution >= 0.6 is 0 Å². The molecule has 10 nitrogen and oxygen atoms in total. The second-order valence-corrected chi connectivity index (χ2v) is 8.64. The molecule has 5 rings (SSSR count). The molecule has 1 aliphatic carbocycles. The van der Waals surface area contributed by atoms with Gasteiger partial charge < -0.3 is 44.1 Å². The van der Waals surface area contributed by atoms with Crippen LogP contribution in [0.2, 0.25) is 0 Å². The van der Waals surface area contributed by atoms with Gasteiger partial charge in [-0.1, -0.05) is 0 Å². The van der Waals surface area contributed by atoms with Gasteiger partial charge in [-0.05, 0) is 30.3 Å². The first kappa shape index (κ1) is 21.6. The number of carbonyl (C=O) groups excluding carboxylic acids is 1. The lowest BCUT2D eigenvalue weighted by Crippen LogP contribution is -2.48. The summed E-state index contributed by atoms with van der Waals surface area (Å²) >= 11 is 0. The van der Waals surface area contributed by atoms with Crippen molar-refractivity contribution in [1.29, 1.82) is 0 Å². The van der Waals surface area contributed by atoms with Crippen molar-refractivity contribution in [3.05, 3.63) is 42.2 Å². The van der Waals surface area contributed by atoms with Crippen LogP contribution in [0.15, 0.2) is 36.6 Å². The lowest BCUT2D eigenvalue weighted by molar-refractivity contribution is -0.297. The summed E-state index contributed by atoms with van der Waals surface area (Å²) in [6, 6.07) is 5.73. The number of aliphatic hydroxyl groups is 3. The van der Waals surface area contributed by atoms with Crippen molar-refractivity contribution in [2.24, 2.45) is 11.8 Å². The van der Waals surface area contributed by atoms with Crippen LogP contribution in [0.1, 0.15) is 23.2 Å². The zero-order valence-corrected chi connectivity index (χ0v) is 17.1. The summed E-state index contributed by atoms with van der Waals surface area (Å²) in [7, 11) is 0. The van der Waals surface area contributed by atoms with E-state index >= 15 is 0 Å². The minimum absolute atomic E-state index is 0.0399. The molecule has 10 heteroatoms. The molecule has 0 spiro atoms. The minimum Gasteiger partial charge on any atom is -0.508 e. The maximum Gasteiger partial charge on any atom is 0.338 e. The molecule has 0 aromatic heterocycles. The molecular weight excluding hydrogens is 424 g/mol. The van der Waals surface area contributed by atoms with Gasteiger partial charge >= 0.3 is 5.97 Å². The molecule has 3 fully saturated rings. The monoisotopic (exact) mass is 450 g/mol. The zero-order chi connectivity index (χ0) is 22.5. The molecule has 9 atom stereocenters. The zero-order valence-electron chi connectivity index (χ0n) is 17.1. The summed E-state index contributed by atoms with van der Waals surface area (Å²) in [4.78, 5) is 12.7. The average molecular weight is 450 g/mol. The van der Waals surface area contributed by atoms with Gasteiger partial charge in [0.1, 0.15) is 23.6 Å². The largest absolute Gasteiger partial charge is 0.508 e. The highest BCUT2D eigenvalue weighted by Crippen LogP contribution is 2.60. The number of epoxide rings is 1. The Morgan fingerprint density at radius 1 is 1.19 bits per heavy atom. The Morgan fingerprint density at radius 2 is 1.97 bits per heavy atom. The molecule has 1 aromatic carbocycles. The molecular formula is C22H26O10. The number of phenols is 1. The Morgan fingerprint density at radius 3 is 2.69 bits per heavy atom. The quantitative estimate of drug-likeness (QED) is 0.346. The fourth-order valence-electron chi connectivity index (χ4n) is 5.07. The summed E-state index contributed by atoms with van der Waals surface area (Å²) < 4.78 is 28.9. The van der Waals surface area contributed by atoms with Gasteiger partial charge in [-0.3, -0.25) is 0 Å². The number of hydrogen-bond donors (Lipinski definition) is 4. The van der Waals surface area contributed by atoms with Crippen molar-refractivity contribution < 1.29 is 48.9 Å². The second-order valence-electron chi connectivity index (χ2n) is 8.64. The molecule has 1 aromatic rings. The van der Waals surface area contributed by atoms with Gasteiger partial charge in [-0.15, -0.1) is 0 Å². The lowest BCUT2D eigenvalue weighted by atomic mass is 9.85. The third-order valence-electron chi connectivity index (χ3n) is 6.66. The van der Waals surface area contributed by atoms with Gasteiger partial charge in [0.15, 0.2) is 6.29 Å². The first-order valence-electron chi connectivity index (χ1n) is 10.7. The molecule has 4 N–H and O–H groups in total. The normalized spacial score (nSPS) is 42.0. The SMILES string of the molecule is O=C(OC1C2C=COC(O[C@H]3C[C@@H](O)C[C@@H](CO)O3)C2C2(CO)OC12)c1ccc(O)cc1. The van der Waals surface area contributed by atoms with Crippen molar-refractivity contribution >= 4 is 5.97 Å². The molecule has 2 saturated heterocycles. The summed E-state index contributed by atoms with van der Waals surface area (Å²) in [5.41, 5.74) is -0.700. The van der Waals surface area contributed by atoms with Crippen LogP contribution in [0.4, 0.5) is 0 Å². The number of phenolic OH excluding ortho intramolecular Hbond substituents is 1. The molecule has 0 radical (unpaired) electrons. The van der Waals surface area contributed by atoms with Crippen molar-refractivity contribution in [3.8, 4) is 5.75 Å². The summed E-state index contributed by atoms with van der Waals surface area (Å²) in [6.45, 7) is -0.550. The predicted octanol–water partition coefficient (Wildman–Crippen LogP) is 0.0384. The Kier molecular flexibility index (Phi) is 5.60. The first-order valence-corrected chi connectivity index (χ1v) is 10.7. The Balaban J connectivity index is 1.33. The van der Waals surface area contributed by atoms with Crippen LogP contribution in [0.25, 0.3) is 0 Å². The Bertz CT molecular complexity index is 872. The van der Waals surface area contributed by atoms with Gasteiger partial charge in [0.25, 0.3) is 0 Å². The molecule has 3 heterocycles. The topological polar surface area (TPSA) is 147 Å². The van der Waals surface area contributed by atoms with Crippen LogP contribution in [0.3, 0.4) is 0 Å².